The normalized spacial score (nSPS) is 11.8. The van der Waals surface area contributed by atoms with Crippen molar-refractivity contribution in [2.24, 2.45) is 4.99 Å². The van der Waals surface area contributed by atoms with Gasteiger partial charge in [0.05, 0.1) is 18.9 Å². The number of hydrogen-bond acceptors (Lipinski definition) is 4. The number of benzene rings is 1. The van der Waals surface area contributed by atoms with Crippen LogP contribution in [0.5, 0.6) is 5.75 Å². The molecule has 0 bridgehead atoms. The van der Waals surface area contributed by atoms with Gasteiger partial charge >= 0.3 is 0 Å². The molecule has 0 fully saturated rings. The molecule has 0 spiro atoms. The molecule has 0 amide bonds. The van der Waals surface area contributed by atoms with E-state index in [-0.39, 0.29) is 0 Å². The third kappa shape index (κ3) is 3.71. The Morgan fingerprint density at radius 2 is 2.00 bits per heavy atom. The fourth-order valence-corrected chi connectivity index (χ4v) is 2.78. The molecule has 2 rings (SSSR count). The summed E-state index contributed by atoms with van der Waals surface area (Å²) < 4.78 is 12.7. The first-order chi connectivity index (χ1) is 9.74. The van der Waals surface area contributed by atoms with Crippen molar-refractivity contribution in [3.8, 4) is 5.75 Å². The van der Waals surface area contributed by atoms with Gasteiger partial charge in [-0.2, -0.15) is 0 Å². The van der Waals surface area contributed by atoms with E-state index < -0.39 is 0 Å². The van der Waals surface area contributed by atoms with Crippen LogP contribution < -0.4 is 9.54 Å². The summed E-state index contributed by atoms with van der Waals surface area (Å²) in [5.74, 6) is 0.876. The third-order valence-corrected chi connectivity index (χ3v) is 3.86. The quantitative estimate of drug-likeness (QED) is 0.820. The highest BCUT2D eigenvalue weighted by molar-refractivity contribution is 7.07. The lowest BCUT2D eigenvalue weighted by molar-refractivity contribution is 0.186. The summed E-state index contributed by atoms with van der Waals surface area (Å²) in [6, 6.07) is 7.84. The Morgan fingerprint density at radius 3 is 2.65 bits per heavy atom. The van der Waals surface area contributed by atoms with Crippen LogP contribution in [0.15, 0.2) is 34.6 Å². The van der Waals surface area contributed by atoms with Crippen LogP contribution in [0.2, 0.25) is 0 Å². The fourth-order valence-electron chi connectivity index (χ4n) is 1.85. The number of nitrogens with zero attached hydrogens (tertiary/aromatic N) is 2. The Balaban J connectivity index is 2.25. The van der Waals surface area contributed by atoms with Crippen LogP contribution in [-0.2, 0) is 11.3 Å². The maximum Gasteiger partial charge on any atom is 0.190 e. The van der Waals surface area contributed by atoms with Gasteiger partial charge in [-0.3, -0.25) is 0 Å². The van der Waals surface area contributed by atoms with Crippen LogP contribution in [0.3, 0.4) is 0 Å². The van der Waals surface area contributed by atoms with Crippen molar-refractivity contribution in [2.45, 2.75) is 20.4 Å². The molecule has 1 aromatic heterocycles. The smallest absolute Gasteiger partial charge is 0.190 e. The summed E-state index contributed by atoms with van der Waals surface area (Å²) in [5.41, 5.74) is 2.14. The fraction of sp³-hybridized carbons (Fsp3) is 0.400. The lowest BCUT2D eigenvalue weighted by Crippen LogP contribution is -2.18. The van der Waals surface area contributed by atoms with Crippen LogP contribution in [0.1, 0.15) is 12.6 Å². The molecule has 0 saturated carbocycles. The topological polar surface area (TPSA) is 35.8 Å². The lowest BCUT2D eigenvalue weighted by atomic mass is 10.3. The van der Waals surface area contributed by atoms with Crippen molar-refractivity contribution < 1.29 is 9.47 Å². The van der Waals surface area contributed by atoms with Crippen LogP contribution in [0.25, 0.3) is 0 Å². The first-order valence-electron chi connectivity index (χ1n) is 6.66. The summed E-state index contributed by atoms with van der Waals surface area (Å²) in [7, 11) is 1.71. The summed E-state index contributed by atoms with van der Waals surface area (Å²) in [6.45, 7) is 6.25. The lowest BCUT2D eigenvalue weighted by Gasteiger charge is -2.05. The molecule has 20 heavy (non-hydrogen) atoms. The van der Waals surface area contributed by atoms with Crippen LogP contribution in [0, 0.1) is 6.92 Å². The molecule has 5 heteroatoms. The zero-order valence-electron chi connectivity index (χ0n) is 12.1. The zero-order chi connectivity index (χ0) is 14.4. The minimum absolute atomic E-state index is 0.678. The summed E-state index contributed by atoms with van der Waals surface area (Å²) in [6.07, 6.45) is 0. The number of thiazole rings is 1. The Labute approximate surface area is 123 Å². The standard InChI is InChI=1S/C15H20N2O2S/c1-4-19-14-7-5-13(6-8-14)16-15-17(9-10-18-3)12(2)11-20-15/h5-8,11H,4,9-10H2,1-3H3. The van der Waals surface area contributed by atoms with Crippen molar-refractivity contribution in [1.29, 1.82) is 0 Å². The average molecular weight is 292 g/mol. The van der Waals surface area contributed by atoms with Gasteiger partial charge in [-0.05, 0) is 38.1 Å². The van der Waals surface area contributed by atoms with E-state index in [9.17, 15) is 0 Å². The van der Waals surface area contributed by atoms with E-state index >= 15 is 0 Å². The van der Waals surface area contributed by atoms with E-state index in [4.69, 9.17) is 9.47 Å². The molecule has 1 heterocycles. The van der Waals surface area contributed by atoms with E-state index in [1.165, 1.54) is 5.69 Å². The first-order valence-corrected chi connectivity index (χ1v) is 7.54. The Kier molecular flexibility index (Phi) is 5.38. The number of methoxy groups -OCH3 is 1. The summed E-state index contributed by atoms with van der Waals surface area (Å²) >= 11 is 1.65. The van der Waals surface area contributed by atoms with E-state index in [2.05, 4.69) is 21.9 Å². The summed E-state index contributed by atoms with van der Waals surface area (Å²) in [5, 5.41) is 2.11. The van der Waals surface area contributed by atoms with Gasteiger partial charge in [-0.25, -0.2) is 4.99 Å². The van der Waals surface area contributed by atoms with Crippen molar-refractivity contribution in [2.75, 3.05) is 20.3 Å². The van der Waals surface area contributed by atoms with E-state index in [1.54, 1.807) is 18.4 Å². The second-order valence-corrected chi connectivity index (χ2v) is 5.18. The maximum absolute atomic E-state index is 5.43. The molecule has 0 aliphatic heterocycles. The number of aromatic nitrogens is 1. The van der Waals surface area contributed by atoms with E-state index in [1.807, 2.05) is 31.2 Å². The minimum atomic E-state index is 0.678. The monoisotopic (exact) mass is 292 g/mol. The Morgan fingerprint density at radius 1 is 1.25 bits per heavy atom. The average Bonchev–Trinajstić information content (AvgIpc) is 2.80. The number of ether oxygens (including phenoxy) is 2. The van der Waals surface area contributed by atoms with Gasteiger partial charge in [-0.1, -0.05) is 0 Å². The molecule has 0 atom stereocenters. The molecule has 0 saturated heterocycles. The number of rotatable bonds is 6. The predicted molar refractivity (Wildman–Crippen MR) is 81.8 cm³/mol. The minimum Gasteiger partial charge on any atom is -0.494 e. The van der Waals surface area contributed by atoms with Gasteiger partial charge in [0.25, 0.3) is 0 Å². The molecule has 0 N–H and O–H groups in total. The molecule has 108 valence electrons. The van der Waals surface area contributed by atoms with Gasteiger partial charge in [0, 0.05) is 24.7 Å². The molecule has 0 aliphatic carbocycles. The highest BCUT2D eigenvalue weighted by atomic mass is 32.1. The second kappa shape index (κ2) is 7.26. The highest BCUT2D eigenvalue weighted by Crippen LogP contribution is 2.17. The number of aryl methyl sites for hydroxylation is 1. The van der Waals surface area contributed by atoms with E-state index in [0.717, 1.165) is 22.8 Å². The summed E-state index contributed by atoms with van der Waals surface area (Å²) in [4.78, 5) is 5.68. The van der Waals surface area contributed by atoms with Gasteiger partial charge < -0.3 is 14.0 Å². The molecule has 2 aromatic rings. The second-order valence-electron chi connectivity index (χ2n) is 4.34. The largest absolute Gasteiger partial charge is 0.494 e. The molecule has 4 nitrogen and oxygen atoms in total. The van der Waals surface area contributed by atoms with Gasteiger partial charge in [0.15, 0.2) is 4.80 Å². The van der Waals surface area contributed by atoms with Crippen LogP contribution in [0.4, 0.5) is 5.69 Å². The maximum atomic E-state index is 5.43. The SMILES string of the molecule is CCOc1ccc(N=c2scc(C)n2CCOC)cc1. The van der Waals surface area contributed by atoms with Gasteiger partial charge in [0.2, 0.25) is 0 Å². The third-order valence-electron chi connectivity index (χ3n) is 2.88. The van der Waals surface area contributed by atoms with Crippen molar-refractivity contribution >= 4 is 17.0 Å². The van der Waals surface area contributed by atoms with Crippen molar-refractivity contribution in [1.82, 2.24) is 4.57 Å². The highest BCUT2D eigenvalue weighted by Gasteiger charge is 2.01. The van der Waals surface area contributed by atoms with Crippen molar-refractivity contribution in [3.63, 3.8) is 0 Å². The molecule has 0 aliphatic rings. The number of hydrogen-bond donors (Lipinski definition) is 0. The molecule has 1 aromatic carbocycles. The molecule has 0 radical (unpaired) electrons. The van der Waals surface area contributed by atoms with Gasteiger partial charge in [-0.15, -0.1) is 11.3 Å². The zero-order valence-corrected chi connectivity index (χ0v) is 12.9. The predicted octanol–water partition coefficient (Wildman–Crippen LogP) is 3.14. The Bertz CT molecular complexity index is 599. The van der Waals surface area contributed by atoms with Crippen molar-refractivity contribution in [3.05, 3.63) is 40.1 Å². The molecule has 0 unspecified atom stereocenters. The van der Waals surface area contributed by atoms with Crippen LogP contribution in [-0.4, -0.2) is 24.9 Å². The van der Waals surface area contributed by atoms with Gasteiger partial charge in [0.1, 0.15) is 5.75 Å². The van der Waals surface area contributed by atoms with Crippen LogP contribution >= 0.6 is 11.3 Å². The molecular formula is C15H20N2O2S. The molecular weight excluding hydrogens is 272 g/mol. The van der Waals surface area contributed by atoms with E-state index in [0.29, 0.717) is 13.2 Å². The Hall–Kier alpha value is -1.59. The first kappa shape index (κ1) is 14.8.